The summed E-state index contributed by atoms with van der Waals surface area (Å²) in [4.78, 5) is 11.9. The van der Waals surface area contributed by atoms with Gasteiger partial charge in [0, 0.05) is 24.8 Å². The van der Waals surface area contributed by atoms with Crippen LogP contribution in [0.2, 0.25) is 0 Å². The summed E-state index contributed by atoms with van der Waals surface area (Å²) in [5.74, 6) is 1.07. The molecular formula is C13H20N4O2. The Morgan fingerprint density at radius 1 is 1.47 bits per heavy atom. The van der Waals surface area contributed by atoms with E-state index >= 15 is 0 Å². The van der Waals surface area contributed by atoms with Crippen LogP contribution in [0.3, 0.4) is 0 Å². The average Bonchev–Trinajstić information content (AvgIpc) is 3.28. The second-order valence-corrected chi connectivity index (χ2v) is 5.64. The van der Waals surface area contributed by atoms with Crippen LogP contribution in [0.5, 0.6) is 0 Å². The minimum absolute atomic E-state index is 0.0439. The molecule has 1 heterocycles. The van der Waals surface area contributed by atoms with Gasteiger partial charge in [-0.2, -0.15) is 0 Å². The van der Waals surface area contributed by atoms with Gasteiger partial charge in [-0.05, 0) is 38.0 Å². The molecule has 0 saturated heterocycles. The highest BCUT2D eigenvalue weighted by Crippen LogP contribution is 2.38. The first kappa shape index (κ1) is 12.6. The molecule has 0 radical (unpaired) electrons. The van der Waals surface area contributed by atoms with Crippen LogP contribution in [0.15, 0.2) is 6.20 Å². The largest absolute Gasteiger partial charge is 0.396 e. The highest BCUT2D eigenvalue weighted by molar-refractivity contribution is 5.76. The minimum Gasteiger partial charge on any atom is -0.396 e. The maximum Gasteiger partial charge on any atom is 0.242 e. The summed E-state index contributed by atoms with van der Waals surface area (Å²) >= 11 is 0. The highest BCUT2D eigenvalue weighted by Gasteiger charge is 2.32. The van der Waals surface area contributed by atoms with Crippen LogP contribution in [0.25, 0.3) is 0 Å². The van der Waals surface area contributed by atoms with Crippen molar-refractivity contribution in [3.05, 3.63) is 11.9 Å². The quantitative estimate of drug-likeness (QED) is 0.748. The molecule has 19 heavy (non-hydrogen) atoms. The number of amides is 1. The molecule has 3 rings (SSSR count). The zero-order valence-corrected chi connectivity index (χ0v) is 11.0. The minimum atomic E-state index is -0.0439. The number of nitrogens with one attached hydrogen (secondary N) is 1. The topological polar surface area (TPSA) is 80.0 Å². The Hall–Kier alpha value is -1.43. The molecule has 0 bridgehead atoms. The predicted molar refractivity (Wildman–Crippen MR) is 68.4 cm³/mol. The van der Waals surface area contributed by atoms with E-state index in [4.69, 9.17) is 5.11 Å². The molecule has 0 aliphatic heterocycles. The lowest BCUT2D eigenvalue weighted by molar-refractivity contribution is -0.122. The van der Waals surface area contributed by atoms with Gasteiger partial charge in [0.25, 0.3) is 0 Å². The second-order valence-electron chi connectivity index (χ2n) is 5.64. The molecule has 0 aromatic carbocycles. The molecule has 2 saturated carbocycles. The molecular weight excluding hydrogens is 244 g/mol. The molecule has 2 aliphatic carbocycles. The monoisotopic (exact) mass is 264 g/mol. The van der Waals surface area contributed by atoms with E-state index < -0.39 is 0 Å². The fourth-order valence-corrected chi connectivity index (χ4v) is 2.42. The zero-order chi connectivity index (χ0) is 13.2. The molecule has 104 valence electrons. The molecule has 1 amide bonds. The van der Waals surface area contributed by atoms with Crippen molar-refractivity contribution < 1.29 is 9.90 Å². The van der Waals surface area contributed by atoms with Crippen LogP contribution in [0.1, 0.15) is 43.7 Å². The molecule has 6 heteroatoms. The summed E-state index contributed by atoms with van der Waals surface area (Å²) in [6, 6.07) is 0.115. The SMILES string of the molecule is O=C(Cn1cc(C2CC2)nn1)NC(CCO)C1CC1. The first-order valence-electron chi connectivity index (χ1n) is 7.06. The van der Waals surface area contributed by atoms with Gasteiger partial charge in [-0.25, -0.2) is 4.68 Å². The molecule has 6 nitrogen and oxygen atoms in total. The molecule has 1 unspecified atom stereocenters. The zero-order valence-electron chi connectivity index (χ0n) is 11.0. The molecule has 2 N–H and O–H groups in total. The Balaban J connectivity index is 1.51. The van der Waals surface area contributed by atoms with Crippen LogP contribution >= 0.6 is 0 Å². The Kier molecular flexibility index (Phi) is 3.50. The molecule has 1 atom stereocenters. The third-order valence-corrected chi connectivity index (χ3v) is 3.84. The third-order valence-electron chi connectivity index (χ3n) is 3.84. The van der Waals surface area contributed by atoms with E-state index in [1.165, 1.54) is 12.8 Å². The number of hydrogen-bond acceptors (Lipinski definition) is 4. The Bertz CT molecular complexity index is 451. The van der Waals surface area contributed by atoms with Crippen molar-refractivity contribution in [2.24, 2.45) is 5.92 Å². The van der Waals surface area contributed by atoms with E-state index in [9.17, 15) is 4.79 Å². The van der Waals surface area contributed by atoms with Crippen LogP contribution in [-0.4, -0.2) is 38.7 Å². The Morgan fingerprint density at radius 3 is 2.89 bits per heavy atom. The Labute approximate surface area is 112 Å². The van der Waals surface area contributed by atoms with Gasteiger partial charge in [-0.15, -0.1) is 5.10 Å². The molecule has 2 aliphatic rings. The van der Waals surface area contributed by atoms with Gasteiger partial charge in [-0.1, -0.05) is 5.21 Å². The van der Waals surface area contributed by atoms with E-state index in [0.29, 0.717) is 18.3 Å². The van der Waals surface area contributed by atoms with Crippen LogP contribution < -0.4 is 5.32 Å². The van der Waals surface area contributed by atoms with Crippen molar-refractivity contribution in [1.29, 1.82) is 0 Å². The summed E-state index contributed by atoms with van der Waals surface area (Å²) in [6.07, 6.45) is 7.19. The predicted octanol–water partition coefficient (Wildman–Crippen LogP) is 0.433. The third kappa shape index (κ3) is 3.32. The van der Waals surface area contributed by atoms with Crippen molar-refractivity contribution in [2.75, 3.05) is 6.61 Å². The van der Waals surface area contributed by atoms with Gasteiger partial charge in [-0.3, -0.25) is 4.79 Å². The van der Waals surface area contributed by atoms with Crippen LogP contribution in [0.4, 0.5) is 0 Å². The summed E-state index contributed by atoms with van der Waals surface area (Å²) in [5.41, 5.74) is 1.00. The van der Waals surface area contributed by atoms with Gasteiger partial charge in [0.1, 0.15) is 6.54 Å². The van der Waals surface area contributed by atoms with Crippen molar-refractivity contribution in [1.82, 2.24) is 20.3 Å². The van der Waals surface area contributed by atoms with E-state index in [1.54, 1.807) is 4.68 Å². The number of carbonyl (C=O) groups is 1. The number of carbonyl (C=O) groups excluding carboxylic acids is 1. The van der Waals surface area contributed by atoms with Gasteiger partial charge in [0.2, 0.25) is 5.91 Å². The number of hydrogen-bond donors (Lipinski definition) is 2. The average molecular weight is 264 g/mol. The highest BCUT2D eigenvalue weighted by atomic mass is 16.3. The van der Waals surface area contributed by atoms with Crippen molar-refractivity contribution in [3.8, 4) is 0 Å². The summed E-state index contributed by atoms with van der Waals surface area (Å²) in [5, 5.41) is 20.1. The molecule has 2 fully saturated rings. The van der Waals surface area contributed by atoms with Gasteiger partial charge >= 0.3 is 0 Å². The Morgan fingerprint density at radius 2 is 2.26 bits per heavy atom. The number of aromatic nitrogens is 3. The lowest BCUT2D eigenvalue weighted by Crippen LogP contribution is -2.39. The van der Waals surface area contributed by atoms with E-state index in [1.807, 2.05) is 6.20 Å². The van der Waals surface area contributed by atoms with Gasteiger partial charge in [0.05, 0.1) is 5.69 Å². The van der Waals surface area contributed by atoms with E-state index in [-0.39, 0.29) is 25.1 Å². The number of aliphatic hydroxyl groups is 1. The fourth-order valence-electron chi connectivity index (χ4n) is 2.42. The number of nitrogens with zero attached hydrogens (tertiary/aromatic N) is 3. The fraction of sp³-hybridized carbons (Fsp3) is 0.769. The van der Waals surface area contributed by atoms with Crippen LogP contribution in [0, 0.1) is 5.92 Å². The van der Waals surface area contributed by atoms with Crippen LogP contribution in [-0.2, 0) is 11.3 Å². The molecule has 1 aromatic heterocycles. The summed E-state index contributed by atoms with van der Waals surface area (Å²) in [7, 11) is 0. The maximum atomic E-state index is 11.9. The van der Waals surface area contributed by atoms with Crippen molar-refractivity contribution in [2.45, 2.75) is 50.6 Å². The van der Waals surface area contributed by atoms with E-state index in [2.05, 4.69) is 15.6 Å². The van der Waals surface area contributed by atoms with Gasteiger partial charge in [0.15, 0.2) is 0 Å². The van der Waals surface area contributed by atoms with Crippen molar-refractivity contribution in [3.63, 3.8) is 0 Å². The number of rotatable bonds is 7. The van der Waals surface area contributed by atoms with Gasteiger partial charge < -0.3 is 10.4 Å². The lowest BCUT2D eigenvalue weighted by Gasteiger charge is -2.16. The first-order chi connectivity index (χ1) is 9.26. The molecule has 1 aromatic rings. The standard InChI is InChI=1S/C13H20N4O2/c18-6-5-11(9-1-2-9)14-13(19)8-17-7-12(15-16-17)10-3-4-10/h7,9-11,18H,1-6,8H2,(H,14,19). The first-order valence-corrected chi connectivity index (χ1v) is 7.06. The lowest BCUT2D eigenvalue weighted by atomic mass is 10.1. The smallest absolute Gasteiger partial charge is 0.242 e. The molecule has 0 spiro atoms. The van der Waals surface area contributed by atoms with E-state index in [0.717, 1.165) is 18.5 Å². The summed E-state index contributed by atoms with van der Waals surface area (Å²) < 4.78 is 1.60. The summed E-state index contributed by atoms with van der Waals surface area (Å²) in [6.45, 7) is 0.338. The van der Waals surface area contributed by atoms with Crippen molar-refractivity contribution >= 4 is 5.91 Å². The normalized spacial score (nSPS) is 20.3. The second kappa shape index (κ2) is 5.28. The number of aliphatic hydroxyl groups excluding tert-OH is 1. The maximum absolute atomic E-state index is 11.9.